The molecule has 0 radical (unpaired) electrons. The van der Waals surface area contributed by atoms with Crippen molar-refractivity contribution in [2.75, 3.05) is 26.2 Å². The predicted molar refractivity (Wildman–Crippen MR) is 69.3 cm³/mol. The summed E-state index contributed by atoms with van der Waals surface area (Å²) in [4.78, 5) is 26.0. The van der Waals surface area contributed by atoms with Gasteiger partial charge in [-0.3, -0.25) is 14.5 Å². The fourth-order valence-electron chi connectivity index (χ4n) is 2.46. The second-order valence-electron chi connectivity index (χ2n) is 5.39. The number of carbonyl (C=O) groups excluding carboxylic acids is 1. The molecule has 1 aliphatic heterocycles. The SMILES string of the molecule is CC(=O)N1CCC[C@@H](CN(CC(=O)O)C(C)C)C1. The highest BCUT2D eigenvalue weighted by Gasteiger charge is 2.25. The minimum atomic E-state index is -0.789. The predicted octanol–water partition coefficient (Wildman–Crippen LogP) is 1.04. The van der Waals surface area contributed by atoms with E-state index in [2.05, 4.69) is 0 Å². The molecule has 1 heterocycles. The van der Waals surface area contributed by atoms with E-state index in [4.69, 9.17) is 5.11 Å². The molecule has 0 unspecified atom stereocenters. The third-order valence-corrected chi connectivity index (χ3v) is 3.53. The van der Waals surface area contributed by atoms with Crippen LogP contribution in [0.5, 0.6) is 0 Å². The van der Waals surface area contributed by atoms with Crippen LogP contribution in [0.3, 0.4) is 0 Å². The maximum absolute atomic E-state index is 11.4. The molecule has 1 amide bonds. The molecule has 1 aliphatic rings. The van der Waals surface area contributed by atoms with Crippen molar-refractivity contribution in [2.45, 2.75) is 39.7 Å². The number of carboxylic acid groups (broad SMARTS) is 1. The van der Waals surface area contributed by atoms with Gasteiger partial charge in [-0.25, -0.2) is 0 Å². The van der Waals surface area contributed by atoms with Gasteiger partial charge in [0, 0.05) is 32.6 Å². The van der Waals surface area contributed by atoms with Crippen LogP contribution in [-0.2, 0) is 9.59 Å². The molecule has 0 aliphatic carbocycles. The molecular weight excluding hydrogens is 232 g/mol. The van der Waals surface area contributed by atoms with Gasteiger partial charge in [0.2, 0.25) is 5.91 Å². The lowest BCUT2D eigenvalue weighted by atomic mass is 9.97. The zero-order chi connectivity index (χ0) is 13.7. The number of hydrogen-bond acceptors (Lipinski definition) is 3. The Bertz CT molecular complexity index is 305. The van der Waals surface area contributed by atoms with E-state index in [1.807, 2.05) is 23.6 Å². The molecule has 0 spiro atoms. The lowest BCUT2D eigenvalue weighted by molar-refractivity contribution is -0.139. The maximum atomic E-state index is 11.4. The van der Waals surface area contributed by atoms with E-state index >= 15 is 0 Å². The van der Waals surface area contributed by atoms with Crippen LogP contribution in [0.15, 0.2) is 0 Å². The molecule has 0 aromatic carbocycles. The molecule has 1 fully saturated rings. The second-order valence-corrected chi connectivity index (χ2v) is 5.39. The summed E-state index contributed by atoms with van der Waals surface area (Å²) in [7, 11) is 0. The maximum Gasteiger partial charge on any atom is 0.317 e. The van der Waals surface area contributed by atoms with Crippen LogP contribution >= 0.6 is 0 Å². The highest BCUT2D eigenvalue weighted by Crippen LogP contribution is 2.18. The van der Waals surface area contributed by atoms with E-state index in [0.717, 1.165) is 32.5 Å². The summed E-state index contributed by atoms with van der Waals surface area (Å²) in [5, 5.41) is 8.90. The van der Waals surface area contributed by atoms with Gasteiger partial charge in [0.25, 0.3) is 0 Å². The molecule has 0 aromatic rings. The first-order valence-electron chi connectivity index (χ1n) is 6.61. The lowest BCUT2D eigenvalue weighted by Gasteiger charge is -2.36. The van der Waals surface area contributed by atoms with Gasteiger partial charge in [0.15, 0.2) is 0 Å². The summed E-state index contributed by atoms with van der Waals surface area (Å²) < 4.78 is 0. The Labute approximate surface area is 109 Å². The van der Waals surface area contributed by atoms with Gasteiger partial charge in [-0.1, -0.05) is 0 Å². The Balaban J connectivity index is 2.52. The topological polar surface area (TPSA) is 60.9 Å². The van der Waals surface area contributed by atoms with Crippen LogP contribution in [0.4, 0.5) is 0 Å². The zero-order valence-electron chi connectivity index (χ0n) is 11.6. The highest BCUT2D eigenvalue weighted by atomic mass is 16.4. The lowest BCUT2D eigenvalue weighted by Crippen LogP contribution is -2.45. The minimum absolute atomic E-state index is 0.0776. The van der Waals surface area contributed by atoms with Crippen molar-refractivity contribution in [1.82, 2.24) is 9.80 Å². The van der Waals surface area contributed by atoms with Crippen LogP contribution in [0, 0.1) is 5.92 Å². The first kappa shape index (κ1) is 15.0. The van der Waals surface area contributed by atoms with Crippen LogP contribution < -0.4 is 0 Å². The molecular formula is C13H24N2O3. The van der Waals surface area contributed by atoms with E-state index < -0.39 is 5.97 Å². The Morgan fingerprint density at radius 1 is 1.44 bits per heavy atom. The molecule has 104 valence electrons. The Kier molecular flexibility index (Phi) is 5.59. The molecule has 18 heavy (non-hydrogen) atoms. The Morgan fingerprint density at radius 3 is 2.61 bits per heavy atom. The van der Waals surface area contributed by atoms with E-state index in [1.54, 1.807) is 6.92 Å². The zero-order valence-corrected chi connectivity index (χ0v) is 11.6. The third kappa shape index (κ3) is 4.64. The Morgan fingerprint density at radius 2 is 2.11 bits per heavy atom. The molecule has 0 aromatic heterocycles. The van der Waals surface area contributed by atoms with Crippen LogP contribution in [0.2, 0.25) is 0 Å². The molecule has 1 atom stereocenters. The van der Waals surface area contributed by atoms with Crippen molar-refractivity contribution in [3.05, 3.63) is 0 Å². The average Bonchev–Trinajstić information content (AvgIpc) is 2.27. The quantitative estimate of drug-likeness (QED) is 0.798. The van der Waals surface area contributed by atoms with Crippen LogP contribution in [0.1, 0.15) is 33.6 Å². The fourth-order valence-corrected chi connectivity index (χ4v) is 2.46. The normalized spacial score (nSPS) is 20.5. The smallest absolute Gasteiger partial charge is 0.317 e. The van der Waals surface area contributed by atoms with Gasteiger partial charge in [-0.15, -0.1) is 0 Å². The number of rotatable bonds is 5. The number of nitrogens with zero attached hydrogens (tertiary/aromatic N) is 2. The molecule has 0 saturated carbocycles. The number of carbonyl (C=O) groups is 2. The van der Waals surface area contributed by atoms with Gasteiger partial charge in [0.1, 0.15) is 0 Å². The summed E-state index contributed by atoms with van der Waals surface area (Å²) >= 11 is 0. The van der Waals surface area contributed by atoms with E-state index in [1.165, 1.54) is 0 Å². The minimum Gasteiger partial charge on any atom is -0.480 e. The van der Waals surface area contributed by atoms with Crippen molar-refractivity contribution in [3.63, 3.8) is 0 Å². The number of amides is 1. The average molecular weight is 256 g/mol. The van der Waals surface area contributed by atoms with Crippen molar-refractivity contribution >= 4 is 11.9 Å². The second kappa shape index (κ2) is 6.73. The van der Waals surface area contributed by atoms with Crippen molar-refractivity contribution in [2.24, 2.45) is 5.92 Å². The van der Waals surface area contributed by atoms with Gasteiger partial charge < -0.3 is 10.0 Å². The largest absolute Gasteiger partial charge is 0.480 e. The number of hydrogen-bond donors (Lipinski definition) is 1. The van der Waals surface area contributed by atoms with E-state index in [-0.39, 0.29) is 18.5 Å². The molecule has 5 nitrogen and oxygen atoms in total. The van der Waals surface area contributed by atoms with Crippen molar-refractivity contribution in [3.8, 4) is 0 Å². The number of aliphatic carboxylic acids is 1. The molecule has 5 heteroatoms. The van der Waals surface area contributed by atoms with Crippen molar-refractivity contribution < 1.29 is 14.7 Å². The standard InChI is InChI=1S/C13H24N2O3/c1-10(2)15(9-13(17)18)8-12-5-4-6-14(7-12)11(3)16/h10,12H,4-9H2,1-3H3,(H,17,18)/t12-/m1/s1. The van der Waals surface area contributed by atoms with E-state index in [0.29, 0.717) is 5.92 Å². The van der Waals surface area contributed by atoms with Gasteiger partial charge in [-0.05, 0) is 32.6 Å². The Hall–Kier alpha value is -1.10. The molecule has 1 rings (SSSR count). The third-order valence-electron chi connectivity index (χ3n) is 3.53. The summed E-state index contributed by atoms with van der Waals surface area (Å²) in [5.74, 6) is -0.277. The molecule has 1 saturated heterocycles. The van der Waals surface area contributed by atoms with E-state index in [9.17, 15) is 9.59 Å². The van der Waals surface area contributed by atoms with Crippen LogP contribution in [0.25, 0.3) is 0 Å². The summed E-state index contributed by atoms with van der Waals surface area (Å²) in [5.41, 5.74) is 0. The molecule has 1 N–H and O–H groups in total. The van der Waals surface area contributed by atoms with Gasteiger partial charge >= 0.3 is 5.97 Å². The van der Waals surface area contributed by atoms with Crippen LogP contribution in [-0.4, -0.2) is 59.0 Å². The van der Waals surface area contributed by atoms with Gasteiger partial charge in [-0.2, -0.15) is 0 Å². The first-order chi connectivity index (χ1) is 8.40. The fraction of sp³-hybridized carbons (Fsp3) is 0.846. The molecule has 0 bridgehead atoms. The number of carboxylic acids is 1. The highest BCUT2D eigenvalue weighted by molar-refractivity contribution is 5.73. The van der Waals surface area contributed by atoms with Crippen molar-refractivity contribution in [1.29, 1.82) is 0 Å². The summed E-state index contributed by atoms with van der Waals surface area (Å²) in [6.07, 6.45) is 2.09. The number of piperidine rings is 1. The summed E-state index contributed by atoms with van der Waals surface area (Å²) in [6, 6.07) is 0.216. The summed E-state index contributed by atoms with van der Waals surface area (Å²) in [6.45, 7) is 8.05. The number of likely N-dealkylation sites (tertiary alicyclic amines) is 1. The monoisotopic (exact) mass is 256 g/mol. The first-order valence-corrected chi connectivity index (χ1v) is 6.61. The van der Waals surface area contributed by atoms with Gasteiger partial charge in [0.05, 0.1) is 6.54 Å².